The topological polar surface area (TPSA) is 25.2 Å². The Labute approximate surface area is 86.7 Å². The van der Waals surface area contributed by atoms with Crippen LogP contribution in [0.25, 0.3) is 0 Å². The molecule has 0 radical (unpaired) electrons. The summed E-state index contributed by atoms with van der Waals surface area (Å²) in [4.78, 5) is 0. The van der Waals surface area contributed by atoms with Crippen molar-refractivity contribution in [1.29, 1.82) is 0 Å². The molecule has 0 aliphatic rings. The van der Waals surface area contributed by atoms with Crippen molar-refractivity contribution >= 4 is 0 Å². The van der Waals surface area contributed by atoms with Gasteiger partial charge in [-0.2, -0.15) is 0 Å². The fraction of sp³-hybridized carbons (Fsp3) is 0.667. The number of nitrogens with one attached hydrogen (secondary N) is 1. The Hall–Kier alpha value is -0.760. The molecule has 80 valence electrons. The number of rotatable bonds is 5. The van der Waals surface area contributed by atoms with Crippen LogP contribution in [0.1, 0.15) is 33.0 Å². The summed E-state index contributed by atoms with van der Waals surface area (Å²) >= 11 is 0. The molecule has 0 aromatic carbocycles. The van der Waals surface area contributed by atoms with Crippen LogP contribution in [0.15, 0.2) is 22.8 Å². The molecule has 1 unspecified atom stereocenters. The SMILES string of the molecule is CCC(C)(C)C(Cc1ccco1)NC. The maximum atomic E-state index is 5.37. The molecule has 1 aromatic heterocycles. The normalized spacial score (nSPS) is 14.3. The van der Waals surface area contributed by atoms with E-state index in [2.05, 4.69) is 26.1 Å². The summed E-state index contributed by atoms with van der Waals surface area (Å²) in [6.45, 7) is 6.81. The third kappa shape index (κ3) is 2.61. The van der Waals surface area contributed by atoms with Gasteiger partial charge in [-0.05, 0) is 31.0 Å². The Balaban J connectivity index is 2.64. The molecule has 0 fully saturated rings. The molecular formula is C12H21NO. The predicted octanol–water partition coefficient (Wildman–Crippen LogP) is 2.85. The molecule has 14 heavy (non-hydrogen) atoms. The lowest BCUT2D eigenvalue weighted by Crippen LogP contribution is -2.41. The van der Waals surface area contributed by atoms with Gasteiger partial charge in [0, 0.05) is 12.5 Å². The summed E-state index contributed by atoms with van der Waals surface area (Å²) in [5.41, 5.74) is 0.307. The van der Waals surface area contributed by atoms with E-state index in [1.54, 1.807) is 6.26 Å². The van der Waals surface area contributed by atoms with Crippen LogP contribution in [0, 0.1) is 5.41 Å². The molecule has 0 saturated heterocycles. The minimum Gasteiger partial charge on any atom is -0.469 e. The van der Waals surface area contributed by atoms with Crippen LogP contribution in [0.2, 0.25) is 0 Å². The van der Waals surface area contributed by atoms with E-state index < -0.39 is 0 Å². The van der Waals surface area contributed by atoms with Crippen molar-refractivity contribution in [3.8, 4) is 0 Å². The fourth-order valence-corrected chi connectivity index (χ4v) is 1.65. The second-order valence-corrected chi connectivity index (χ2v) is 4.47. The molecular weight excluding hydrogens is 174 g/mol. The van der Waals surface area contributed by atoms with Crippen LogP contribution in [0.5, 0.6) is 0 Å². The van der Waals surface area contributed by atoms with Gasteiger partial charge in [0.05, 0.1) is 6.26 Å². The minimum absolute atomic E-state index is 0.307. The van der Waals surface area contributed by atoms with Crippen LogP contribution in [-0.2, 0) is 6.42 Å². The second-order valence-electron chi connectivity index (χ2n) is 4.47. The molecule has 1 atom stereocenters. The first-order valence-electron chi connectivity index (χ1n) is 5.29. The molecule has 1 N–H and O–H groups in total. The molecule has 0 amide bonds. The quantitative estimate of drug-likeness (QED) is 0.781. The molecule has 2 nitrogen and oxygen atoms in total. The lowest BCUT2D eigenvalue weighted by Gasteiger charge is -2.32. The summed E-state index contributed by atoms with van der Waals surface area (Å²) in [5, 5.41) is 3.37. The summed E-state index contributed by atoms with van der Waals surface area (Å²) < 4.78 is 5.37. The highest BCUT2D eigenvalue weighted by atomic mass is 16.3. The van der Waals surface area contributed by atoms with E-state index in [9.17, 15) is 0 Å². The maximum Gasteiger partial charge on any atom is 0.105 e. The van der Waals surface area contributed by atoms with Gasteiger partial charge in [-0.3, -0.25) is 0 Å². The predicted molar refractivity (Wildman–Crippen MR) is 59.3 cm³/mol. The minimum atomic E-state index is 0.307. The molecule has 1 aromatic rings. The van der Waals surface area contributed by atoms with E-state index in [0.717, 1.165) is 12.2 Å². The molecule has 2 heteroatoms. The van der Waals surface area contributed by atoms with Crippen LogP contribution >= 0.6 is 0 Å². The lowest BCUT2D eigenvalue weighted by molar-refractivity contribution is 0.231. The lowest BCUT2D eigenvalue weighted by atomic mass is 9.80. The average molecular weight is 195 g/mol. The number of likely N-dealkylation sites (N-methyl/N-ethyl adjacent to an activating group) is 1. The molecule has 0 spiro atoms. The zero-order valence-electron chi connectivity index (χ0n) is 9.63. The van der Waals surface area contributed by atoms with E-state index in [-0.39, 0.29) is 0 Å². The molecule has 0 aliphatic carbocycles. The van der Waals surface area contributed by atoms with Gasteiger partial charge in [-0.15, -0.1) is 0 Å². The van der Waals surface area contributed by atoms with E-state index >= 15 is 0 Å². The standard InChI is InChI=1S/C12H21NO/c1-5-12(2,3)11(13-4)9-10-7-6-8-14-10/h6-8,11,13H,5,9H2,1-4H3. The summed E-state index contributed by atoms with van der Waals surface area (Å²) in [5.74, 6) is 1.06. The van der Waals surface area contributed by atoms with Gasteiger partial charge < -0.3 is 9.73 Å². The molecule has 0 aliphatic heterocycles. The van der Waals surface area contributed by atoms with Gasteiger partial charge in [-0.25, -0.2) is 0 Å². The Morgan fingerprint density at radius 1 is 1.50 bits per heavy atom. The summed E-state index contributed by atoms with van der Waals surface area (Å²) in [6, 6.07) is 4.45. The van der Waals surface area contributed by atoms with Gasteiger partial charge in [0.25, 0.3) is 0 Å². The van der Waals surface area contributed by atoms with Crippen molar-refractivity contribution in [2.75, 3.05) is 7.05 Å². The Morgan fingerprint density at radius 2 is 2.21 bits per heavy atom. The van der Waals surface area contributed by atoms with Gasteiger partial charge in [0.15, 0.2) is 0 Å². The van der Waals surface area contributed by atoms with Crippen molar-refractivity contribution in [3.63, 3.8) is 0 Å². The maximum absolute atomic E-state index is 5.37. The van der Waals surface area contributed by atoms with Crippen molar-refractivity contribution in [2.45, 2.75) is 39.7 Å². The monoisotopic (exact) mass is 195 g/mol. The van der Waals surface area contributed by atoms with Gasteiger partial charge in [0.2, 0.25) is 0 Å². The Bertz CT molecular complexity index is 251. The third-order valence-electron chi connectivity index (χ3n) is 3.19. The molecule has 1 heterocycles. The average Bonchev–Trinajstić information content (AvgIpc) is 2.66. The first-order chi connectivity index (χ1) is 6.60. The van der Waals surface area contributed by atoms with Crippen molar-refractivity contribution in [1.82, 2.24) is 5.32 Å². The highest BCUT2D eigenvalue weighted by molar-refractivity contribution is 5.02. The van der Waals surface area contributed by atoms with Crippen LogP contribution in [0.4, 0.5) is 0 Å². The number of hydrogen-bond acceptors (Lipinski definition) is 2. The van der Waals surface area contributed by atoms with Crippen LogP contribution in [-0.4, -0.2) is 13.1 Å². The van der Waals surface area contributed by atoms with Crippen molar-refractivity contribution < 1.29 is 4.42 Å². The van der Waals surface area contributed by atoms with E-state index in [4.69, 9.17) is 4.42 Å². The van der Waals surface area contributed by atoms with Gasteiger partial charge >= 0.3 is 0 Å². The zero-order valence-corrected chi connectivity index (χ0v) is 9.63. The summed E-state index contributed by atoms with van der Waals surface area (Å²) in [6.07, 6.45) is 3.87. The van der Waals surface area contributed by atoms with Crippen LogP contribution in [0.3, 0.4) is 0 Å². The first-order valence-corrected chi connectivity index (χ1v) is 5.29. The largest absolute Gasteiger partial charge is 0.469 e. The highest BCUT2D eigenvalue weighted by Crippen LogP contribution is 2.27. The summed E-state index contributed by atoms with van der Waals surface area (Å²) in [7, 11) is 2.02. The smallest absolute Gasteiger partial charge is 0.105 e. The van der Waals surface area contributed by atoms with E-state index in [1.165, 1.54) is 6.42 Å². The van der Waals surface area contributed by atoms with Gasteiger partial charge in [0.1, 0.15) is 5.76 Å². The Kier molecular flexibility index (Phi) is 3.76. The van der Waals surface area contributed by atoms with E-state index in [1.807, 2.05) is 19.2 Å². The van der Waals surface area contributed by atoms with E-state index in [0.29, 0.717) is 11.5 Å². The van der Waals surface area contributed by atoms with Crippen molar-refractivity contribution in [2.24, 2.45) is 5.41 Å². The third-order valence-corrected chi connectivity index (χ3v) is 3.19. The van der Waals surface area contributed by atoms with Crippen molar-refractivity contribution in [3.05, 3.63) is 24.2 Å². The Morgan fingerprint density at radius 3 is 2.64 bits per heavy atom. The molecule has 1 rings (SSSR count). The highest BCUT2D eigenvalue weighted by Gasteiger charge is 2.26. The molecule has 0 saturated carbocycles. The zero-order chi connectivity index (χ0) is 10.6. The molecule has 0 bridgehead atoms. The number of hydrogen-bond donors (Lipinski definition) is 1. The van der Waals surface area contributed by atoms with Crippen LogP contribution < -0.4 is 5.32 Å². The first kappa shape index (κ1) is 11.3. The number of furan rings is 1. The van der Waals surface area contributed by atoms with Gasteiger partial charge in [-0.1, -0.05) is 20.8 Å². The fourth-order valence-electron chi connectivity index (χ4n) is 1.65. The second kappa shape index (κ2) is 4.65.